The number of aromatic nitrogens is 2. The Hall–Kier alpha value is -1.20. The zero-order chi connectivity index (χ0) is 13.1. The van der Waals surface area contributed by atoms with Gasteiger partial charge in [-0.2, -0.15) is 0 Å². The van der Waals surface area contributed by atoms with Gasteiger partial charge in [0.25, 0.3) is 0 Å². The van der Waals surface area contributed by atoms with E-state index in [0.29, 0.717) is 23.8 Å². The lowest BCUT2D eigenvalue weighted by atomic mass is 10.2. The number of H-pyrrole nitrogens is 1. The van der Waals surface area contributed by atoms with Crippen LogP contribution in [0.25, 0.3) is 11.0 Å². The molecule has 5 heteroatoms. The molecule has 0 aliphatic carbocycles. The Morgan fingerprint density at radius 2 is 2.22 bits per heavy atom. The van der Waals surface area contributed by atoms with E-state index in [4.69, 9.17) is 17.0 Å². The van der Waals surface area contributed by atoms with Crippen LogP contribution in [0.1, 0.15) is 13.8 Å². The topological polar surface area (TPSA) is 29.9 Å². The van der Waals surface area contributed by atoms with Gasteiger partial charge in [0.2, 0.25) is 0 Å². The molecule has 0 fully saturated rings. The minimum Gasteiger partial charge on any atom is -0.379 e. The highest BCUT2D eigenvalue weighted by atomic mass is 32.1. The normalized spacial score (nSPS) is 11.6. The molecule has 0 saturated carbocycles. The van der Waals surface area contributed by atoms with Crippen molar-refractivity contribution in [1.82, 2.24) is 9.55 Å². The summed E-state index contributed by atoms with van der Waals surface area (Å²) >= 11 is 5.23. The molecular weight excluding hydrogens is 251 g/mol. The summed E-state index contributed by atoms with van der Waals surface area (Å²) in [6, 6.07) is 4.63. The van der Waals surface area contributed by atoms with Crippen LogP contribution in [0.2, 0.25) is 0 Å². The fraction of sp³-hybridized carbons (Fsp3) is 0.462. The Kier molecular flexibility index (Phi) is 4.14. The van der Waals surface area contributed by atoms with Crippen molar-refractivity contribution in [3.63, 3.8) is 0 Å². The van der Waals surface area contributed by atoms with Gasteiger partial charge in [0.05, 0.1) is 17.6 Å². The summed E-state index contributed by atoms with van der Waals surface area (Å²) in [7, 11) is 0. The predicted molar refractivity (Wildman–Crippen MR) is 72.7 cm³/mol. The maximum Gasteiger partial charge on any atom is 0.178 e. The van der Waals surface area contributed by atoms with Gasteiger partial charge in [0, 0.05) is 13.2 Å². The van der Waals surface area contributed by atoms with Crippen molar-refractivity contribution in [3.8, 4) is 0 Å². The number of aromatic amines is 1. The van der Waals surface area contributed by atoms with E-state index in [1.807, 2.05) is 4.57 Å². The summed E-state index contributed by atoms with van der Waals surface area (Å²) in [5, 5.41) is 0. The Labute approximate surface area is 111 Å². The highest BCUT2D eigenvalue weighted by Gasteiger charge is 2.05. The minimum atomic E-state index is -0.262. The number of nitrogens with zero attached hydrogens (tertiary/aromatic N) is 1. The van der Waals surface area contributed by atoms with Gasteiger partial charge in [-0.15, -0.1) is 0 Å². The Morgan fingerprint density at radius 1 is 1.44 bits per heavy atom. The molecule has 1 aromatic heterocycles. The second-order valence-corrected chi connectivity index (χ2v) is 5.10. The molecule has 0 spiro atoms. The first-order valence-corrected chi connectivity index (χ1v) is 6.44. The Morgan fingerprint density at radius 3 is 2.94 bits per heavy atom. The number of ether oxygens (including phenoxy) is 1. The Bertz CT molecular complexity index is 588. The third kappa shape index (κ3) is 2.97. The maximum absolute atomic E-state index is 13.1. The molecule has 0 aliphatic rings. The largest absolute Gasteiger partial charge is 0.379 e. The molecule has 1 heterocycles. The fourth-order valence-corrected chi connectivity index (χ4v) is 2.13. The van der Waals surface area contributed by atoms with Crippen LogP contribution in [-0.4, -0.2) is 22.8 Å². The molecule has 0 aliphatic heterocycles. The van der Waals surface area contributed by atoms with Gasteiger partial charge in [-0.3, -0.25) is 0 Å². The lowest BCUT2D eigenvalue weighted by Gasteiger charge is -2.08. The number of rotatable bonds is 5. The summed E-state index contributed by atoms with van der Waals surface area (Å²) in [6.07, 6.45) is 0. The van der Waals surface area contributed by atoms with Gasteiger partial charge in [0.1, 0.15) is 5.82 Å². The molecule has 98 valence electrons. The number of benzene rings is 1. The lowest BCUT2D eigenvalue weighted by molar-refractivity contribution is 0.103. The van der Waals surface area contributed by atoms with Gasteiger partial charge in [-0.1, -0.05) is 13.8 Å². The average molecular weight is 268 g/mol. The van der Waals surface area contributed by atoms with E-state index < -0.39 is 0 Å². The number of fused-ring (bicyclic) bond motifs is 1. The number of imidazole rings is 1. The second kappa shape index (κ2) is 5.63. The van der Waals surface area contributed by atoms with Crippen LogP contribution in [0.5, 0.6) is 0 Å². The number of halogens is 1. The molecule has 0 radical (unpaired) electrons. The lowest BCUT2D eigenvalue weighted by Crippen LogP contribution is -2.09. The smallest absolute Gasteiger partial charge is 0.178 e. The van der Waals surface area contributed by atoms with Crippen LogP contribution in [0.3, 0.4) is 0 Å². The minimum absolute atomic E-state index is 0.262. The van der Waals surface area contributed by atoms with Crippen molar-refractivity contribution in [2.24, 2.45) is 5.92 Å². The highest BCUT2D eigenvalue weighted by Crippen LogP contribution is 2.15. The molecule has 1 aromatic carbocycles. The van der Waals surface area contributed by atoms with Crippen LogP contribution in [0.15, 0.2) is 18.2 Å². The first-order chi connectivity index (χ1) is 8.58. The van der Waals surface area contributed by atoms with Crippen LogP contribution >= 0.6 is 12.2 Å². The van der Waals surface area contributed by atoms with E-state index in [9.17, 15) is 4.39 Å². The van der Waals surface area contributed by atoms with Gasteiger partial charge < -0.3 is 14.3 Å². The molecule has 18 heavy (non-hydrogen) atoms. The van der Waals surface area contributed by atoms with E-state index in [0.717, 1.165) is 17.6 Å². The summed E-state index contributed by atoms with van der Waals surface area (Å²) < 4.78 is 21.2. The molecule has 0 unspecified atom stereocenters. The van der Waals surface area contributed by atoms with Gasteiger partial charge in [-0.25, -0.2) is 4.39 Å². The molecule has 0 atom stereocenters. The second-order valence-electron chi connectivity index (χ2n) is 4.71. The van der Waals surface area contributed by atoms with Crippen molar-refractivity contribution in [2.75, 3.05) is 13.2 Å². The molecule has 0 saturated heterocycles. The first kappa shape index (κ1) is 13.2. The highest BCUT2D eigenvalue weighted by molar-refractivity contribution is 7.71. The summed E-state index contributed by atoms with van der Waals surface area (Å²) in [5.74, 6) is 0.261. The SMILES string of the molecule is CC(C)COCCn1c(=S)[nH]c2cc(F)ccc21. The average Bonchev–Trinajstić information content (AvgIpc) is 2.59. The standard InChI is InChI=1S/C13H17FN2OS/c1-9(2)8-17-6-5-16-12-4-3-10(14)7-11(12)15-13(16)18/h3-4,7,9H,5-6,8H2,1-2H3,(H,15,18). The molecule has 1 N–H and O–H groups in total. The van der Waals surface area contributed by atoms with Crippen LogP contribution in [0.4, 0.5) is 4.39 Å². The van der Waals surface area contributed by atoms with Crippen molar-refractivity contribution in [2.45, 2.75) is 20.4 Å². The number of hydrogen-bond acceptors (Lipinski definition) is 2. The molecule has 3 nitrogen and oxygen atoms in total. The van der Waals surface area contributed by atoms with E-state index in [2.05, 4.69) is 18.8 Å². The van der Waals surface area contributed by atoms with Crippen molar-refractivity contribution < 1.29 is 9.13 Å². The molecule has 0 amide bonds. The third-order valence-electron chi connectivity index (χ3n) is 2.65. The van der Waals surface area contributed by atoms with Gasteiger partial charge in [0.15, 0.2) is 4.77 Å². The number of nitrogens with one attached hydrogen (secondary N) is 1. The van der Waals surface area contributed by atoms with E-state index in [-0.39, 0.29) is 5.82 Å². The molecular formula is C13H17FN2OS. The predicted octanol–water partition coefficient (Wildman–Crippen LogP) is 3.51. The van der Waals surface area contributed by atoms with Crippen LogP contribution in [0, 0.1) is 16.5 Å². The first-order valence-electron chi connectivity index (χ1n) is 6.03. The summed E-state index contributed by atoms with van der Waals surface area (Å²) in [6.45, 7) is 6.25. The molecule has 2 aromatic rings. The fourth-order valence-electron chi connectivity index (χ4n) is 1.83. The van der Waals surface area contributed by atoms with Crippen molar-refractivity contribution in [1.29, 1.82) is 0 Å². The zero-order valence-electron chi connectivity index (χ0n) is 10.6. The quantitative estimate of drug-likeness (QED) is 0.664. The van der Waals surface area contributed by atoms with Gasteiger partial charge in [-0.05, 0) is 36.3 Å². The number of hydrogen-bond donors (Lipinski definition) is 1. The third-order valence-corrected chi connectivity index (χ3v) is 2.97. The maximum atomic E-state index is 13.1. The molecule has 2 rings (SSSR count). The van der Waals surface area contributed by atoms with E-state index in [1.54, 1.807) is 6.07 Å². The monoisotopic (exact) mass is 268 g/mol. The summed E-state index contributed by atoms with van der Waals surface area (Å²) in [5.41, 5.74) is 1.64. The molecule has 0 bridgehead atoms. The van der Waals surface area contributed by atoms with Crippen molar-refractivity contribution >= 4 is 23.3 Å². The van der Waals surface area contributed by atoms with Crippen LogP contribution in [-0.2, 0) is 11.3 Å². The van der Waals surface area contributed by atoms with Crippen LogP contribution < -0.4 is 0 Å². The van der Waals surface area contributed by atoms with Crippen molar-refractivity contribution in [3.05, 3.63) is 28.8 Å². The summed E-state index contributed by atoms with van der Waals surface area (Å²) in [4.78, 5) is 3.00. The van der Waals surface area contributed by atoms with Gasteiger partial charge >= 0.3 is 0 Å². The van der Waals surface area contributed by atoms with E-state index in [1.165, 1.54) is 12.1 Å². The Balaban J connectivity index is 2.13. The zero-order valence-corrected chi connectivity index (χ0v) is 11.4. The van der Waals surface area contributed by atoms with E-state index >= 15 is 0 Å².